The highest BCUT2D eigenvalue weighted by atomic mass is 35.5. The third-order valence-corrected chi connectivity index (χ3v) is 5.85. The van der Waals surface area contributed by atoms with Crippen LogP contribution >= 0.6 is 23.4 Å². The van der Waals surface area contributed by atoms with E-state index in [9.17, 15) is 4.79 Å². The lowest BCUT2D eigenvalue weighted by Crippen LogP contribution is -2.39. The molecule has 1 fully saturated rings. The molecule has 0 atom stereocenters. The molecule has 128 valence electrons. The van der Waals surface area contributed by atoms with E-state index in [1.165, 1.54) is 0 Å². The minimum absolute atomic E-state index is 0.227. The predicted octanol–water partition coefficient (Wildman–Crippen LogP) is 3.71. The maximum absolute atomic E-state index is 12.4. The van der Waals surface area contributed by atoms with E-state index in [1.807, 2.05) is 48.6 Å². The minimum atomic E-state index is 0.227. The maximum atomic E-state index is 12.4. The summed E-state index contributed by atoms with van der Waals surface area (Å²) in [5.41, 5.74) is 1.09. The molecule has 1 amide bonds. The fourth-order valence-electron chi connectivity index (χ4n) is 3.11. The first kappa shape index (κ1) is 17.4. The van der Waals surface area contributed by atoms with Crippen molar-refractivity contribution < 1.29 is 4.79 Å². The fourth-order valence-corrected chi connectivity index (χ4v) is 4.33. The van der Waals surface area contributed by atoms with Gasteiger partial charge in [-0.2, -0.15) is 0 Å². The largest absolute Gasteiger partial charge is 0.342 e. The Labute approximate surface area is 152 Å². The molecule has 1 aromatic heterocycles. The van der Waals surface area contributed by atoms with Gasteiger partial charge >= 0.3 is 0 Å². The molecule has 2 heterocycles. The average Bonchev–Trinajstić information content (AvgIpc) is 3.03. The van der Waals surface area contributed by atoms with Gasteiger partial charge in [-0.25, -0.2) is 4.98 Å². The number of halogens is 1. The number of imidazole rings is 1. The number of amides is 1. The zero-order chi connectivity index (χ0) is 16.9. The van der Waals surface area contributed by atoms with Gasteiger partial charge in [-0.1, -0.05) is 29.8 Å². The van der Waals surface area contributed by atoms with Gasteiger partial charge in [-0.3, -0.25) is 4.79 Å². The molecule has 0 N–H and O–H groups in total. The minimum Gasteiger partial charge on any atom is -0.342 e. The molecular formula is C18H22ClN3OS. The zero-order valence-electron chi connectivity index (χ0n) is 13.8. The molecule has 0 bridgehead atoms. The Morgan fingerprint density at radius 3 is 2.75 bits per heavy atom. The van der Waals surface area contributed by atoms with Crippen LogP contribution in [0, 0.1) is 0 Å². The number of benzene rings is 1. The van der Waals surface area contributed by atoms with E-state index >= 15 is 0 Å². The first-order chi connectivity index (χ1) is 11.6. The number of hydrogen-bond donors (Lipinski definition) is 0. The molecule has 4 nitrogen and oxygen atoms in total. The Morgan fingerprint density at radius 2 is 2.08 bits per heavy atom. The highest BCUT2D eigenvalue weighted by Gasteiger charge is 2.25. The van der Waals surface area contributed by atoms with Crippen LogP contribution in [0.3, 0.4) is 0 Å². The van der Waals surface area contributed by atoms with Gasteiger partial charge in [0.05, 0.1) is 5.75 Å². The molecule has 24 heavy (non-hydrogen) atoms. The molecule has 2 aromatic rings. The normalized spacial score (nSPS) is 15.7. The van der Waals surface area contributed by atoms with Crippen LogP contribution in [0.1, 0.15) is 30.1 Å². The molecule has 3 rings (SSSR count). The predicted molar refractivity (Wildman–Crippen MR) is 99.4 cm³/mol. The number of nitrogens with zero attached hydrogens (tertiary/aromatic N) is 3. The summed E-state index contributed by atoms with van der Waals surface area (Å²) in [4.78, 5) is 18.8. The van der Waals surface area contributed by atoms with Crippen LogP contribution in [0.5, 0.6) is 0 Å². The standard InChI is InChI=1S/C18H22ClN3OS/c1-21-11-8-20-18(21)14-6-9-22(10-7-14)17(23)13-24-12-15-4-2-3-5-16(15)19/h2-5,8,11,14H,6-7,9-10,12-13H2,1H3. The van der Waals surface area contributed by atoms with Crippen LogP contribution in [0.25, 0.3) is 0 Å². The van der Waals surface area contributed by atoms with Crippen LogP contribution in [0.15, 0.2) is 36.7 Å². The summed E-state index contributed by atoms with van der Waals surface area (Å²) in [7, 11) is 2.03. The number of thioether (sulfide) groups is 1. The quantitative estimate of drug-likeness (QED) is 0.812. The Bertz CT molecular complexity index is 695. The van der Waals surface area contributed by atoms with Crippen molar-refractivity contribution in [3.8, 4) is 0 Å². The van der Waals surface area contributed by atoms with Gasteiger partial charge in [0.2, 0.25) is 5.91 Å². The lowest BCUT2D eigenvalue weighted by atomic mass is 9.96. The van der Waals surface area contributed by atoms with Crippen molar-refractivity contribution in [3.63, 3.8) is 0 Å². The van der Waals surface area contributed by atoms with E-state index in [0.717, 1.165) is 48.1 Å². The van der Waals surface area contributed by atoms with Crippen LogP contribution < -0.4 is 0 Å². The number of aryl methyl sites for hydroxylation is 1. The summed E-state index contributed by atoms with van der Waals surface area (Å²) in [6.07, 6.45) is 5.81. The summed E-state index contributed by atoms with van der Waals surface area (Å²) in [5, 5.41) is 0.772. The van der Waals surface area contributed by atoms with Crippen molar-refractivity contribution in [2.45, 2.75) is 24.5 Å². The van der Waals surface area contributed by atoms with Crippen LogP contribution in [-0.2, 0) is 17.6 Å². The van der Waals surface area contributed by atoms with Gasteiger partial charge in [-0.05, 0) is 24.5 Å². The first-order valence-corrected chi connectivity index (χ1v) is 9.74. The molecule has 1 aromatic carbocycles. The lowest BCUT2D eigenvalue weighted by molar-refractivity contribution is -0.129. The number of rotatable bonds is 5. The molecule has 1 aliphatic rings. The zero-order valence-corrected chi connectivity index (χ0v) is 15.4. The Balaban J connectivity index is 1.44. The number of hydrogen-bond acceptors (Lipinski definition) is 3. The number of piperidine rings is 1. The van der Waals surface area contributed by atoms with Crippen molar-refractivity contribution in [1.82, 2.24) is 14.5 Å². The molecular weight excluding hydrogens is 342 g/mol. The molecule has 1 aliphatic heterocycles. The van der Waals surface area contributed by atoms with Crippen molar-refractivity contribution in [3.05, 3.63) is 53.1 Å². The van der Waals surface area contributed by atoms with Crippen molar-refractivity contribution in [2.75, 3.05) is 18.8 Å². The second kappa shape index (κ2) is 8.08. The highest BCUT2D eigenvalue weighted by molar-refractivity contribution is 7.99. The molecule has 0 radical (unpaired) electrons. The van der Waals surface area contributed by atoms with Gasteiger partial charge in [0.15, 0.2) is 0 Å². The molecule has 0 unspecified atom stereocenters. The van der Waals surface area contributed by atoms with Gasteiger partial charge in [-0.15, -0.1) is 11.8 Å². The Kier molecular flexibility index (Phi) is 5.85. The first-order valence-electron chi connectivity index (χ1n) is 8.21. The monoisotopic (exact) mass is 363 g/mol. The maximum Gasteiger partial charge on any atom is 0.232 e. The van der Waals surface area contributed by atoms with Gasteiger partial charge in [0.1, 0.15) is 5.82 Å². The number of carbonyl (C=O) groups excluding carboxylic acids is 1. The van der Waals surface area contributed by atoms with Crippen LogP contribution in [-0.4, -0.2) is 39.2 Å². The fraction of sp³-hybridized carbons (Fsp3) is 0.444. The summed E-state index contributed by atoms with van der Waals surface area (Å²) >= 11 is 7.78. The average molecular weight is 364 g/mol. The molecule has 0 aliphatic carbocycles. The number of aromatic nitrogens is 2. The van der Waals surface area contributed by atoms with Crippen molar-refractivity contribution in [2.24, 2.45) is 7.05 Å². The molecule has 0 saturated carbocycles. The third kappa shape index (κ3) is 4.14. The SMILES string of the molecule is Cn1ccnc1C1CCN(C(=O)CSCc2ccccc2Cl)CC1. The van der Waals surface area contributed by atoms with E-state index in [1.54, 1.807) is 11.8 Å². The lowest BCUT2D eigenvalue weighted by Gasteiger charge is -2.31. The van der Waals surface area contributed by atoms with E-state index in [-0.39, 0.29) is 5.91 Å². The number of likely N-dealkylation sites (tertiary alicyclic amines) is 1. The molecule has 0 spiro atoms. The topological polar surface area (TPSA) is 38.1 Å². The second-order valence-electron chi connectivity index (χ2n) is 6.14. The summed E-state index contributed by atoms with van der Waals surface area (Å²) in [5.74, 6) is 3.11. The second-order valence-corrected chi connectivity index (χ2v) is 7.53. The third-order valence-electron chi connectivity index (χ3n) is 4.51. The van der Waals surface area contributed by atoms with E-state index in [4.69, 9.17) is 11.6 Å². The highest BCUT2D eigenvalue weighted by Crippen LogP contribution is 2.27. The summed E-state index contributed by atoms with van der Waals surface area (Å²) < 4.78 is 2.08. The van der Waals surface area contributed by atoms with Gasteiger partial charge < -0.3 is 9.47 Å². The van der Waals surface area contributed by atoms with E-state index < -0.39 is 0 Å². The molecule has 1 saturated heterocycles. The number of carbonyl (C=O) groups is 1. The summed E-state index contributed by atoms with van der Waals surface area (Å²) in [6, 6.07) is 7.80. The molecule has 6 heteroatoms. The van der Waals surface area contributed by atoms with Crippen molar-refractivity contribution >= 4 is 29.3 Å². The smallest absolute Gasteiger partial charge is 0.232 e. The van der Waals surface area contributed by atoms with Crippen LogP contribution in [0.2, 0.25) is 5.02 Å². The van der Waals surface area contributed by atoms with Crippen molar-refractivity contribution in [1.29, 1.82) is 0 Å². The Morgan fingerprint density at radius 1 is 1.33 bits per heavy atom. The van der Waals surface area contributed by atoms with Gasteiger partial charge in [0, 0.05) is 49.2 Å². The Hall–Kier alpha value is -1.46. The summed E-state index contributed by atoms with van der Waals surface area (Å²) in [6.45, 7) is 1.64. The van der Waals surface area contributed by atoms with Crippen LogP contribution in [0.4, 0.5) is 0 Å². The van der Waals surface area contributed by atoms with E-state index in [0.29, 0.717) is 11.7 Å². The van der Waals surface area contributed by atoms with Gasteiger partial charge in [0.25, 0.3) is 0 Å². The van der Waals surface area contributed by atoms with E-state index in [2.05, 4.69) is 9.55 Å².